The van der Waals surface area contributed by atoms with Crippen LogP contribution in [0.1, 0.15) is 6.42 Å². The number of aromatic nitrogens is 1. The van der Waals surface area contributed by atoms with Gasteiger partial charge in [-0.3, -0.25) is 9.69 Å². The summed E-state index contributed by atoms with van der Waals surface area (Å²) in [5.74, 6) is -0.00891. The standard InChI is InChI=1S/C9H9N3O2S2/c10-5-15-8-2-11-9(16-8)12-3-6(4-13)1-7(12)14/h2,6,13H,1,3-4H2. The minimum absolute atomic E-state index is 0.00321. The molecular weight excluding hydrogens is 246 g/mol. The number of nitriles is 1. The third-order valence-electron chi connectivity index (χ3n) is 2.31. The topological polar surface area (TPSA) is 77.2 Å². The number of hydrogen-bond acceptors (Lipinski definition) is 6. The maximum Gasteiger partial charge on any atom is 0.229 e. The van der Waals surface area contributed by atoms with E-state index in [1.165, 1.54) is 11.3 Å². The first kappa shape index (κ1) is 11.4. The SMILES string of the molecule is N#CSc1cnc(N2CC(CO)CC2=O)s1. The first-order valence-corrected chi connectivity index (χ1v) is 6.31. The van der Waals surface area contributed by atoms with Crippen molar-refractivity contribution in [3.8, 4) is 5.40 Å². The van der Waals surface area contributed by atoms with Crippen molar-refractivity contribution >= 4 is 34.1 Å². The summed E-state index contributed by atoms with van der Waals surface area (Å²) < 4.78 is 0.776. The Labute approximate surface area is 101 Å². The Hall–Kier alpha value is -1.10. The minimum atomic E-state index is -0.0121. The van der Waals surface area contributed by atoms with Crippen LogP contribution >= 0.6 is 23.1 Å². The number of thioether (sulfide) groups is 1. The highest BCUT2D eigenvalue weighted by Gasteiger charge is 2.31. The number of hydrogen-bond donors (Lipinski definition) is 1. The van der Waals surface area contributed by atoms with Crippen molar-refractivity contribution in [3.63, 3.8) is 0 Å². The highest BCUT2D eigenvalue weighted by molar-refractivity contribution is 8.05. The van der Waals surface area contributed by atoms with Gasteiger partial charge >= 0.3 is 0 Å². The second-order valence-corrected chi connectivity index (χ2v) is 5.51. The third kappa shape index (κ3) is 2.19. The van der Waals surface area contributed by atoms with Gasteiger partial charge in [-0.25, -0.2) is 4.98 Å². The lowest BCUT2D eigenvalue weighted by Gasteiger charge is -2.11. The summed E-state index contributed by atoms with van der Waals surface area (Å²) in [6, 6.07) is 0. The summed E-state index contributed by atoms with van der Waals surface area (Å²) in [6.07, 6.45) is 1.96. The molecule has 0 bridgehead atoms. The average Bonchev–Trinajstić information content (AvgIpc) is 2.85. The predicted molar refractivity (Wildman–Crippen MR) is 61.1 cm³/mol. The molecule has 1 unspecified atom stereocenters. The molecule has 2 rings (SSSR count). The number of nitrogens with zero attached hydrogens (tertiary/aromatic N) is 3. The van der Waals surface area contributed by atoms with Gasteiger partial charge in [0.25, 0.3) is 0 Å². The van der Waals surface area contributed by atoms with Gasteiger partial charge in [0, 0.05) is 37.3 Å². The highest BCUT2D eigenvalue weighted by Crippen LogP contribution is 2.33. The maximum atomic E-state index is 11.6. The Bertz CT molecular complexity index is 440. The van der Waals surface area contributed by atoms with E-state index in [0.29, 0.717) is 18.1 Å². The molecule has 0 saturated carbocycles. The first-order valence-electron chi connectivity index (χ1n) is 4.67. The van der Waals surface area contributed by atoms with Gasteiger partial charge in [-0.15, -0.1) is 0 Å². The minimum Gasteiger partial charge on any atom is -0.396 e. The largest absolute Gasteiger partial charge is 0.396 e. The lowest BCUT2D eigenvalue weighted by atomic mass is 10.1. The Morgan fingerprint density at radius 3 is 3.25 bits per heavy atom. The fourth-order valence-corrected chi connectivity index (χ4v) is 2.93. The molecule has 1 aromatic rings. The van der Waals surface area contributed by atoms with E-state index in [-0.39, 0.29) is 18.4 Å². The molecule has 1 aliphatic rings. The second-order valence-electron chi connectivity index (χ2n) is 3.41. The van der Waals surface area contributed by atoms with Crippen LogP contribution in [0.4, 0.5) is 5.13 Å². The van der Waals surface area contributed by atoms with Crippen LogP contribution in [0.15, 0.2) is 10.4 Å². The summed E-state index contributed by atoms with van der Waals surface area (Å²) >= 11 is 2.36. The van der Waals surface area contributed by atoms with Crippen LogP contribution in [0.5, 0.6) is 0 Å². The van der Waals surface area contributed by atoms with Gasteiger partial charge in [-0.05, 0) is 0 Å². The Morgan fingerprint density at radius 2 is 2.62 bits per heavy atom. The molecule has 5 nitrogen and oxygen atoms in total. The summed E-state index contributed by atoms with van der Waals surface area (Å²) in [5.41, 5.74) is 0. The van der Waals surface area contributed by atoms with Gasteiger partial charge in [0.15, 0.2) is 5.13 Å². The van der Waals surface area contributed by atoms with Gasteiger partial charge in [-0.1, -0.05) is 11.3 Å². The molecule has 1 aromatic heterocycles. The van der Waals surface area contributed by atoms with Crippen LogP contribution in [0.25, 0.3) is 0 Å². The highest BCUT2D eigenvalue weighted by atomic mass is 32.2. The van der Waals surface area contributed by atoms with Crippen LogP contribution in [0.2, 0.25) is 0 Å². The summed E-state index contributed by atoms with van der Waals surface area (Å²) in [4.78, 5) is 17.3. The molecule has 0 aromatic carbocycles. The van der Waals surface area contributed by atoms with E-state index in [4.69, 9.17) is 10.4 Å². The van der Waals surface area contributed by atoms with Crippen LogP contribution in [0.3, 0.4) is 0 Å². The molecule has 1 N–H and O–H groups in total. The molecule has 1 amide bonds. The van der Waals surface area contributed by atoms with Crippen LogP contribution in [-0.4, -0.2) is 29.1 Å². The lowest BCUT2D eigenvalue weighted by Crippen LogP contribution is -2.24. The quantitative estimate of drug-likeness (QED) is 0.645. The van der Waals surface area contributed by atoms with E-state index >= 15 is 0 Å². The molecule has 0 spiro atoms. The predicted octanol–water partition coefficient (Wildman–Crippen LogP) is 1.06. The van der Waals surface area contributed by atoms with E-state index in [1.807, 2.05) is 5.40 Å². The third-order valence-corrected chi connectivity index (χ3v) is 4.03. The van der Waals surface area contributed by atoms with E-state index < -0.39 is 0 Å². The van der Waals surface area contributed by atoms with Gasteiger partial charge in [0.2, 0.25) is 5.91 Å². The Morgan fingerprint density at radius 1 is 1.81 bits per heavy atom. The Balaban J connectivity index is 2.12. The molecule has 1 fully saturated rings. The van der Waals surface area contributed by atoms with Crippen LogP contribution in [0, 0.1) is 16.6 Å². The summed E-state index contributed by atoms with van der Waals surface area (Å²) in [5, 5.41) is 20.1. The van der Waals surface area contributed by atoms with Gasteiger partial charge in [0.05, 0.1) is 10.4 Å². The van der Waals surface area contributed by atoms with E-state index in [1.54, 1.807) is 11.1 Å². The van der Waals surface area contributed by atoms with Crippen molar-refractivity contribution < 1.29 is 9.90 Å². The number of rotatable bonds is 3. The lowest BCUT2D eigenvalue weighted by molar-refractivity contribution is -0.117. The smallest absolute Gasteiger partial charge is 0.229 e. The molecule has 1 atom stereocenters. The van der Waals surface area contributed by atoms with Crippen molar-refractivity contribution in [2.24, 2.45) is 5.92 Å². The average molecular weight is 255 g/mol. The fourth-order valence-electron chi connectivity index (χ4n) is 1.56. The molecule has 16 heavy (non-hydrogen) atoms. The number of thiazole rings is 1. The molecule has 0 aliphatic carbocycles. The van der Waals surface area contributed by atoms with Crippen molar-refractivity contribution in [2.45, 2.75) is 10.6 Å². The van der Waals surface area contributed by atoms with Gasteiger partial charge < -0.3 is 5.11 Å². The molecule has 2 heterocycles. The number of amides is 1. The van der Waals surface area contributed by atoms with Crippen molar-refractivity contribution in [1.82, 2.24) is 4.98 Å². The number of anilines is 1. The number of aliphatic hydroxyl groups excluding tert-OH is 1. The van der Waals surface area contributed by atoms with E-state index in [0.717, 1.165) is 16.0 Å². The molecule has 7 heteroatoms. The first-order chi connectivity index (χ1) is 7.74. The molecule has 84 valence electrons. The number of carbonyl (C=O) groups is 1. The normalized spacial score (nSPS) is 20.1. The number of carbonyl (C=O) groups excluding carboxylic acids is 1. The second kappa shape index (κ2) is 4.82. The van der Waals surface area contributed by atoms with E-state index in [9.17, 15) is 4.79 Å². The zero-order valence-electron chi connectivity index (χ0n) is 8.29. The van der Waals surface area contributed by atoms with Crippen molar-refractivity contribution in [2.75, 3.05) is 18.1 Å². The Kier molecular flexibility index (Phi) is 3.43. The fraction of sp³-hybridized carbons (Fsp3) is 0.444. The number of aliphatic hydroxyl groups is 1. The molecular formula is C9H9N3O2S2. The summed E-state index contributed by atoms with van der Waals surface area (Å²) in [7, 11) is 0. The van der Waals surface area contributed by atoms with Gasteiger partial charge in [0.1, 0.15) is 5.40 Å². The molecule has 1 saturated heterocycles. The van der Waals surface area contributed by atoms with Crippen LogP contribution < -0.4 is 4.90 Å². The monoisotopic (exact) mass is 255 g/mol. The van der Waals surface area contributed by atoms with Gasteiger partial charge in [-0.2, -0.15) is 5.26 Å². The molecule has 1 aliphatic heterocycles. The maximum absolute atomic E-state index is 11.6. The van der Waals surface area contributed by atoms with Crippen molar-refractivity contribution in [1.29, 1.82) is 5.26 Å². The van der Waals surface area contributed by atoms with Crippen molar-refractivity contribution in [3.05, 3.63) is 6.20 Å². The molecule has 0 radical (unpaired) electrons. The summed E-state index contributed by atoms with van der Waals surface area (Å²) in [6.45, 7) is 0.535. The zero-order valence-corrected chi connectivity index (χ0v) is 9.92. The van der Waals surface area contributed by atoms with E-state index in [2.05, 4.69) is 4.98 Å². The number of thiocyanates is 1. The zero-order chi connectivity index (χ0) is 11.5. The van der Waals surface area contributed by atoms with Crippen LogP contribution in [-0.2, 0) is 4.79 Å².